The van der Waals surface area contributed by atoms with Gasteiger partial charge in [-0.3, -0.25) is 0 Å². The minimum absolute atomic E-state index is 1.17. The van der Waals surface area contributed by atoms with Crippen LogP contribution in [0.15, 0.2) is 62.2 Å². The second-order valence-corrected chi connectivity index (χ2v) is 2.81. The van der Waals surface area contributed by atoms with Crippen molar-refractivity contribution in [1.82, 2.24) is 9.55 Å². The second-order valence-electron chi connectivity index (χ2n) is 2.81. The third-order valence-electron chi connectivity index (χ3n) is 1.77. The third kappa shape index (κ3) is 4.09. The normalized spacial score (nSPS) is 8.53. The molecular weight excluding hydrogens is 184 g/mol. The van der Waals surface area contributed by atoms with Gasteiger partial charge in [0.2, 0.25) is 0 Å². The number of imidazole rings is 1. The van der Waals surface area contributed by atoms with Crippen molar-refractivity contribution in [2.45, 2.75) is 0 Å². The molecule has 1 heterocycles. The number of hydrogen-bond donors (Lipinski definition) is 0. The molecule has 0 N–H and O–H groups in total. The molecule has 1 aromatic heterocycles. The van der Waals surface area contributed by atoms with Crippen molar-refractivity contribution in [2.24, 2.45) is 0 Å². The summed E-state index contributed by atoms with van der Waals surface area (Å²) in [4.78, 5) is 3.78. The molecule has 15 heavy (non-hydrogen) atoms. The lowest BCUT2D eigenvalue weighted by atomic mass is 10.2. The maximum absolute atomic E-state index is 3.78. The zero-order chi connectivity index (χ0) is 10.9. The molecule has 0 fully saturated rings. The van der Waals surface area contributed by atoms with Crippen molar-refractivity contribution >= 4 is 12.3 Å². The second kappa shape index (κ2) is 6.38. The minimum atomic E-state index is 1.17. The van der Waals surface area contributed by atoms with E-state index in [2.05, 4.69) is 18.1 Å². The zero-order valence-corrected chi connectivity index (χ0v) is 8.58. The minimum Gasteiger partial charge on any atom is -0.314 e. The van der Waals surface area contributed by atoms with Gasteiger partial charge in [0, 0.05) is 18.6 Å². The molecular formula is C13H14N2. The molecule has 0 bridgehead atoms. The molecule has 0 aliphatic rings. The van der Waals surface area contributed by atoms with Crippen LogP contribution in [0, 0.1) is 0 Å². The lowest BCUT2D eigenvalue weighted by Gasteiger charge is -1.85. The molecule has 1 aromatic carbocycles. The third-order valence-corrected chi connectivity index (χ3v) is 1.77. The standard InChI is InChI=1S/C8H8.C5H6N2/c1-2-8-6-4-3-5-7-8;1-2-7-4-3-6-5-7/h2-7H,1H2;2-5H,1H2. The first-order chi connectivity index (χ1) is 7.36. The van der Waals surface area contributed by atoms with Gasteiger partial charge in [0.25, 0.3) is 0 Å². The average Bonchev–Trinajstić information content (AvgIpc) is 2.84. The van der Waals surface area contributed by atoms with E-state index in [4.69, 9.17) is 0 Å². The Morgan fingerprint density at radius 3 is 2.20 bits per heavy atom. The molecule has 0 amide bonds. The molecule has 2 heteroatoms. The largest absolute Gasteiger partial charge is 0.314 e. The summed E-state index contributed by atoms with van der Waals surface area (Å²) in [5, 5.41) is 0. The van der Waals surface area contributed by atoms with E-state index >= 15 is 0 Å². The first kappa shape index (κ1) is 11.0. The van der Waals surface area contributed by atoms with Gasteiger partial charge < -0.3 is 4.57 Å². The first-order valence-electron chi connectivity index (χ1n) is 4.64. The summed E-state index contributed by atoms with van der Waals surface area (Å²) >= 11 is 0. The Kier molecular flexibility index (Phi) is 4.67. The molecule has 0 unspecified atom stereocenters. The van der Waals surface area contributed by atoms with Crippen molar-refractivity contribution in [3.63, 3.8) is 0 Å². The molecule has 2 nitrogen and oxygen atoms in total. The zero-order valence-electron chi connectivity index (χ0n) is 8.58. The molecule has 0 atom stereocenters. The number of aromatic nitrogens is 2. The van der Waals surface area contributed by atoms with Crippen LogP contribution in [-0.4, -0.2) is 9.55 Å². The van der Waals surface area contributed by atoms with Gasteiger partial charge in [-0.15, -0.1) is 0 Å². The van der Waals surface area contributed by atoms with Gasteiger partial charge in [0.15, 0.2) is 0 Å². The highest BCUT2D eigenvalue weighted by molar-refractivity contribution is 5.45. The molecule has 0 aliphatic heterocycles. The smallest absolute Gasteiger partial charge is 0.0986 e. The van der Waals surface area contributed by atoms with E-state index in [1.54, 1.807) is 23.3 Å². The van der Waals surface area contributed by atoms with E-state index in [0.29, 0.717) is 0 Å². The van der Waals surface area contributed by atoms with Crippen LogP contribution in [0.25, 0.3) is 12.3 Å². The van der Waals surface area contributed by atoms with Gasteiger partial charge in [0.1, 0.15) is 0 Å². The van der Waals surface area contributed by atoms with Gasteiger partial charge in [0.05, 0.1) is 6.33 Å². The highest BCUT2D eigenvalue weighted by Gasteiger charge is 1.75. The Labute approximate surface area is 90.2 Å². The van der Waals surface area contributed by atoms with E-state index < -0.39 is 0 Å². The molecule has 76 valence electrons. The Hall–Kier alpha value is -2.09. The summed E-state index contributed by atoms with van der Waals surface area (Å²) in [6.45, 7) is 7.16. The van der Waals surface area contributed by atoms with Crippen molar-refractivity contribution in [2.75, 3.05) is 0 Å². The average molecular weight is 198 g/mol. The summed E-state index contributed by atoms with van der Waals surface area (Å²) in [6, 6.07) is 10.0. The fraction of sp³-hybridized carbons (Fsp3) is 0. The topological polar surface area (TPSA) is 17.8 Å². The van der Waals surface area contributed by atoms with Crippen LogP contribution >= 0.6 is 0 Å². The van der Waals surface area contributed by atoms with E-state index in [9.17, 15) is 0 Å². The monoisotopic (exact) mass is 198 g/mol. The van der Waals surface area contributed by atoms with E-state index in [0.717, 1.165) is 0 Å². The maximum atomic E-state index is 3.78. The van der Waals surface area contributed by atoms with Crippen LogP contribution in [0.2, 0.25) is 0 Å². The number of benzene rings is 1. The SMILES string of the molecule is C=Cc1ccccc1.C=Cn1ccnc1. The Balaban J connectivity index is 0.000000151. The summed E-state index contributed by atoms with van der Waals surface area (Å²) < 4.78 is 1.78. The lowest BCUT2D eigenvalue weighted by molar-refractivity contribution is 1.14. The van der Waals surface area contributed by atoms with Gasteiger partial charge in [-0.25, -0.2) is 4.98 Å². The van der Waals surface area contributed by atoms with Crippen molar-refractivity contribution in [3.05, 3.63) is 67.8 Å². The van der Waals surface area contributed by atoms with Gasteiger partial charge in [-0.05, 0) is 5.56 Å². The summed E-state index contributed by atoms with van der Waals surface area (Å²) in [5.41, 5.74) is 1.17. The quantitative estimate of drug-likeness (QED) is 0.723. The van der Waals surface area contributed by atoms with Gasteiger partial charge in [-0.2, -0.15) is 0 Å². The first-order valence-corrected chi connectivity index (χ1v) is 4.64. The molecule has 0 saturated carbocycles. The summed E-state index contributed by atoms with van der Waals surface area (Å²) in [5.74, 6) is 0. The highest BCUT2D eigenvalue weighted by atomic mass is 15.0. The lowest BCUT2D eigenvalue weighted by Crippen LogP contribution is -1.73. The van der Waals surface area contributed by atoms with Crippen LogP contribution in [0.5, 0.6) is 0 Å². The maximum Gasteiger partial charge on any atom is 0.0986 e. The number of nitrogens with zero attached hydrogens (tertiary/aromatic N) is 2. The van der Waals surface area contributed by atoms with Crippen LogP contribution in [0.3, 0.4) is 0 Å². The Morgan fingerprint density at radius 2 is 1.87 bits per heavy atom. The predicted molar refractivity (Wildman–Crippen MR) is 65.1 cm³/mol. The molecule has 2 rings (SSSR count). The van der Waals surface area contributed by atoms with Crippen molar-refractivity contribution < 1.29 is 0 Å². The fourth-order valence-corrected chi connectivity index (χ4v) is 0.967. The van der Waals surface area contributed by atoms with Crippen LogP contribution in [0.4, 0.5) is 0 Å². The fourth-order valence-electron chi connectivity index (χ4n) is 0.967. The van der Waals surface area contributed by atoms with E-state index in [-0.39, 0.29) is 0 Å². The molecule has 0 spiro atoms. The predicted octanol–water partition coefficient (Wildman–Crippen LogP) is 3.31. The molecule has 0 saturated heterocycles. The van der Waals surface area contributed by atoms with Crippen LogP contribution in [0.1, 0.15) is 5.56 Å². The Bertz CT molecular complexity index is 388. The van der Waals surface area contributed by atoms with Gasteiger partial charge in [-0.1, -0.05) is 49.6 Å². The molecule has 0 aliphatic carbocycles. The van der Waals surface area contributed by atoms with Crippen LogP contribution in [-0.2, 0) is 0 Å². The van der Waals surface area contributed by atoms with Crippen molar-refractivity contribution in [1.29, 1.82) is 0 Å². The van der Waals surface area contributed by atoms with E-state index in [1.807, 2.05) is 42.6 Å². The summed E-state index contributed by atoms with van der Waals surface area (Å²) in [7, 11) is 0. The molecule has 0 radical (unpaired) electrons. The number of hydrogen-bond acceptors (Lipinski definition) is 1. The van der Waals surface area contributed by atoms with Crippen molar-refractivity contribution in [3.8, 4) is 0 Å². The summed E-state index contributed by atoms with van der Waals surface area (Å²) in [6.07, 6.45) is 8.74. The highest BCUT2D eigenvalue weighted by Crippen LogP contribution is 1.97. The number of rotatable bonds is 2. The molecule has 2 aromatic rings. The van der Waals surface area contributed by atoms with Gasteiger partial charge >= 0.3 is 0 Å². The Morgan fingerprint density at radius 1 is 1.13 bits per heavy atom. The van der Waals surface area contributed by atoms with Crippen LogP contribution < -0.4 is 0 Å². The van der Waals surface area contributed by atoms with E-state index in [1.165, 1.54) is 5.56 Å².